The van der Waals surface area contributed by atoms with Crippen LogP contribution in [-0.2, 0) is 22.4 Å². The molecule has 126 valence electrons. The van der Waals surface area contributed by atoms with Crippen molar-refractivity contribution in [2.45, 2.75) is 76.7 Å². The Morgan fingerprint density at radius 2 is 1.78 bits per heavy atom. The summed E-state index contributed by atoms with van der Waals surface area (Å²) in [4.78, 5) is 12.3. The number of rotatable bonds is 3. The van der Waals surface area contributed by atoms with Gasteiger partial charge in [0.1, 0.15) is 6.10 Å². The van der Waals surface area contributed by atoms with Crippen LogP contribution in [0.3, 0.4) is 0 Å². The van der Waals surface area contributed by atoms with Crippen LogP contribution < -0.4 is 5.73 Å². The molecule has 1 atom stereocenters. The lowest BCUT2D eigenvalue weighted by atomic mass is 9.82. The summed E-state index contributed by atoms with van der Waals surface area (Å²) in [5.74, 6) is 0.415. The standard InChI is InChI=1S/C20H29NO2/c21-18-11-10-16-9-8-15(12-17(16)14-18)13-20(22)23-19-6-4-2-1-3-5-7-19/h10-11,14-15,19H,1-9,12-13,21H2. The number of esters is 1. The Kier molecular flexibility index (Phi) is 5.58. The fraction of sp³-hybridized carbons (Fsp3) is 0.650. The van der Waals surface area contributed by atoms with E-state index in [0.717, 1.165) is 37.8 Å². The van der Waals surface area contributed by atoms with Gasteiger partial charge in [-0.1, -0.05) is 25.3 Å². The molecule has 0 spiro atoms. The highest BCUT2D eigenvalue weighted by Gasteiger charge is 2.23. The first kappa shape index (κ1) is 16.4. The third kappa shape index (κ3) is 4.73. The van der Waals surface area contributed by atoms with E-state index in [2.05, 4.69) is 12.1 Å². The van der Waals surface area contributed by atoms with Gasteiger partial charge >= 0.3 is 5.97 Å². The molecule has 1 fully saturated rings. The number of nitrogen functional groups attached to an aromatic ring is 1. The predicted molar refractivity (Wildman–Crippen MR) is 93.2 cm³/mol. The Labute approximate surface area is 139 Å². The first-order valence-electron chi connectivity index (χ1n) is 9.27. The second-order valence-corrected chi connectivity index (χ2v) is 7.30. The molecular weight excluding hydrogens is 286 g/mol. The molecule has 2 aliphatic carbocycles. The third-order valence-electron chi connectivity index (χ3n) is 5.37. The van der Waals surface area contributed by atoms with E-state index in [4.69, 9.17) is 10.5 Å². The van der Waals surface area contributed by atoms with E-state index in [9.17, 15) is 4.79 Å². The maximum Gasteiger partial charge on any atom is 0.306 e. The van der Waals surface area contributed by atoms with Gasteiger partial charge in [-0.2, -0.15) is 0 Å². The van der Waals surface area contributed by atoms with E-state index < -0.39 is 0 Å². The first-order chi connectivity index (χ1) is 11.2. The minimum absolute atomic E-state index is 0.00734. The normalized spacial score (nSPS) is 22.7. The van der Waals surface area contributed by atoms with Crippen LogP contribution in [0.2, 0.25) is 0 Å². The highest BCUT2D eigenvalue weighted by Crippen LogP contribution is 2.29. The van der Waals surface area contributed by atoms with Crippen molar-refractivity contribution in [3.63, 3.8) is 0 Å². The number of benzene rings is 1. The largest absolute Gasteiger partial charge is 0.462 e. The Bertz CT molecular complexity index is 532. The van der Waals surface area contributed by atoms with Gasteiger partial charge in [0.2, 0.25) is 0 Å². The summed E-state index contributed by atoms with van der Waals surface area (Å²) < 4.78 is 5.78. The van der Waals surface area contributed by atoms with Gasteiger partial charge in [0, 0.05) is 12.1 Å². The van der Waals surface area contributed by atoms with Crippen LogP contribution in [0.15, 0.2) is 18.2 Å². The number of carbonyl (C=O) groups is 1. The average Bonchev–Trinajstić information content (AvgIpc) is 2.49. The molecule has 0 amide bonds. The van der Waals surface area contributed by atoms with Crippen molar-refractivity contribution in [3.8, 4) is 0 Å². The maximum absolute atomic E-state index is 12.3. The molecule has 3 rings (SSSR count). The first-order valence-corrected chi connectivity index (χ1v) is 9.27. The van der Waals surface area contributed by atoms with Crippen molar-refractivity contribution in [1.82, 2.24) is 0 Å². The van der Waals surface area contributed by atoms with Crippen molar-refractivity contribution >= 4 is 11.7 Å². The SMILES string of the molecule is Nc1ccc2c(c1)CC(CC(=O)OC1CCCCCCC1)CC2. The van der Waals surface area contributed by atoms with Crippen LogP contribution >= 0.6 is 0 Å². The molecule has 0 saturated heterocycles. The monoisotopic (exact) mass is 315 g/mol. The molecule has 2 aliphatic rings. The summed E-state index contributed by atoms with van der Waals surface area (Å²) in [5.41, 5.74) is 9.42. The van der Waals surface area contributed by atoms with Crippen LogP contribution in [0.25, 0.3) is 0 Å². The summed E-state index contributed by atoms with van der Waals surface area (Å²) >= 11 is 0. The van der Waals surface area contributed by atoms with E-state index in [1.807, 2.05) is 6.07 Å². The molecule has 0 bridgehead atoms. The van der Waals surface area contributed by atoms with Gasteiger partial charge in [-0.3, -0.25) is 4.79 Å². The van der Waals surface area contributed by atoms with Crippen molar-refractivity contribution in [2.24, 2.45) is 5.92 Å². The number of anilines is 1. The fourth-order valence-corrected chi connectivity index (χ4v) is 4.03. The average molecular weight is 315 g/mol. The minimum atomic E-state index is 0.00734. The van der Waals surface area contributed by atoms with Crippen LogP contribution in [0.4, 0.5) is 5.69 Å². The van der Waals surface area contributed by atoms with E-state index in [0.29, 0.717) is 12.3 Å². The van der Waals surface area contributed by atoms with Gasteiger partial charge in [-0.15, -0.1) is 0 Å². The molecule has 0 heterocycles. The molecule has 2 N–H and O–H groups in total. The summed E-state index contributed by atoms with van der Waals surface area (Å²) in [7, 11) is 0. The van der Waals surface area contributed by atoms with Crippen LogP contribution in [-0.4, -0.2) is 12.1 Å². The zero-order valence-corrected chi connectivity index (χ0v) is 14.1. The highest BCUT2D eigenvalue weighted by molar-refractivity contribution is 5.70. The Morgan fingerprint density at radius 3 is 2.57 bits per heavy atom. The summed E-state index contributed by atoms with van der Waals surface area (Å²) in [6.07, 6.45) is 12.2. The van der Waals surface area contributed by atoms with Crippen LogP contribution in [0.1, 0.15) is 68.9 Å². The topological polar surface area (TPSA) is 52.3 Å². The predicted octanol–water partition coefficient (Wildman–Crippen LogP) is 4.42. The van der Waals surface area contributed by atoms with Gasteiger partial charge in [0.15, 0.2) is 0 Å². The van der Waals surface area contributed by atoms with E-state index in [1.54, 1.807) is 0 Å². The number of hydrogen-bond donors (Lipinski definition) is 1. The van der Waals surface area contributed by atoms with Gasteiger partial charge in [-0.25, -0.2) is 0 Å². The van der Waals surface area contributed by atoms with E-state index in [-0.39, 0.29) is 12.1 Å². The zero-order chi connectivity index (χ0) is 16.1. The van der Waals surface area contributed by atoms with Crippen molar-refractivity contribution in [1.29, 1.82) is 0 Å². The number of nitrogens with two attached hydrogens (primary N) is 1. The van der Waals surface area contributed by atoms with Crippen molar-refractivity contribution in [2.75, 3.05) is 5.73 Å². The molecular formula is C20H29NO2. The van der Waals surface area contributed by atoms with Gasteiger partial charge in [0.25, 0.3) is 0 Å². The summed E-state index contributed by atoms with van der Waals surface area (Å²) in [6, 6.07) is 6.18. The molecule has 3 heteroatoms. The lowest BCUT2D eigenvalue weighted by molar-refractivity contribution is -0.151. The molecule has 1 aromatic carbocycles. The minimum Gasteiger partial charge on any atom is -0.462 e. The van der Waals surface area contributed by atoms with Gasteiger partial charge in [0.05, 0.1) is 0 Å². The van der Waals surface area contributed by atoms with Crippen molar-refractivity contribution in [3.05, 3.63) is 29.3 Å². The van der Waals surface area contributed by atoms with E-state index in [1.165, 1.54) is 43.2 Å². The number of ether oxygens (including phenoxy) is 1. The van der Waals surface area contributed by atoms with Crippen LogP contribution in [0.5, 0.6) is 0 Å². The van der Waals surface area contributed by atoms with Gasteiger partial charge in [-0.05, 0) is 74.1 Å². The zero-order valence-electron chi connectivity index (χ0n) is 14.1. The lowest BCUT2D eigenvalue weighted by Crippen LogP contribution is -2.23. The highest BCUT2D eigenvalue weighted by atomic mass is 16.5. The molecule has 0 aliphatic heterocycles. The molecule has 1 unspecified atom stereocenters. The second kappa shape index (κ2) is 7.85. The Hall–Kier alpha value is -1.51. The summed E-state index contributed by atoms with van der Waals surface area (Å²) in [6.45, 7) is 0. The molecule has 23 heavy (non-hydrogen) atoms. The number of fused-ring (bicyclic) bond motifs is 1. The molecule has 0 radical (unpaired) electrons. The molecule has 3 nitrogen and oxygen atoms in total. The number of hydrogen-bond acceptors (Lipinski definition) is 3. The smallest absolute Gasteiger partial charge is 0.306 e. The Morgan fingerprint density at radius 1 is 1.04 bits per heavy atom. The van der Waals surface area contributed by atoms with E-state index >= 15 is 0 Å². The quantitative estimate of drug-likeness (QED) is 0.663. The Balaban J connectivity index is 1.50. The third-order valence-corrected chi connectivity index (χ3v) is 5.37. The van der Waals surface area contributed by atoms with Gasteiger partial charge < -0.3 is 10.5 Å². The fourth-order valence-electron chi connectivity index (χ4n) is 4.03. The van der Waals surface area contributed by atoms with Crippen LogP contribution in [0, 0.1) is 5.92 Å². The molecule has 1 saturated carbocycles. The number of aryl methyl sites for hydroxylation is 1. The second-order valence-electron chi connectivity index (χ2n) is 7.30. The molecule has 1 aromatic rings. The maximum atomic E-state index is 12.3. The van der Waals surface area contributed by atoms with Crippen molar-refractivity contribution < 1.29 is 9.53 Å². The molecule has 0 aromatic heterocycles. The summed E-state index contributed by atoms with van der Waals surface area (Å²) in [5, 5.41) is 0. The number of carbonyl (C=O) groups excluding carboxylic acids is 1. The lowest BCUT2D eigenvalue weighted by Gasteiger charge is -2.26.